The minimum absolute atomic E-state index is 0.245. The van der Waals surface area contributed by atoms with Crippen LogP contribution in [0.25, 0.3) is 0 Å². The summed E-state index contributed by atoms with van der Waals surface area (Å²) in [7, 11) is 1.38. The molecule has 0 aliphatic heterocycles. The molecule has 9 heavy (non-hydrogen) atoms. The zero-order valence-electron chi connectivity index (χ0n) is 6.23. The quantitative estimate of drug-likeness (QED) is 0.518. The van der Waals surface area contributed by atoms with Gasteiger partial charge in [-0.1, -0.05) is 6.92 Å². The summed E-state index contributed by atoms with van der Waals surface area (Å²) in [6.45, 7) is 3.67. The average Bonchev–Trinajstić information content (AvgIpc) is 1.86. The lowest BCUT2D eigenvalue weighted by Gasteiger charge is -2.14. The summed E-state index contributed by atoms with van der Waals surface area (Å²) in [6, 6.07) is 0. The van der Waals surface area contributed by atoms with Gasteiger partial charge >= 0.3 is 5.97 Å². The normalized spacial score (nSPS) is 16.4. The lowest BCUT2D eigenvalue weighted by atomic mass is 10.0. The summed E-state index contributed by atoms with van der Waals surface area (Å²) in [5, 5.41) is 0. The fourth-order valence-corrected chi connectivity index (χ4v) is 0.391. The van der Waals surface area contributed by atoms with Crippen LogP contribution in [0.4, 0.5) is 0 Å². The van der Waals surface area contributed by atoms with Crippen molar-refractivity contribution in [1.82, 2.24) is 0 Å². The first-order chi connectivity index (χ1) is 4.04. The van der Waals surface area contributed by atoms with Crippen molar-refractivity contribution in [3.05, 3.63) is 0 Å². The molecule has 0 fully saturated rings. The van der Waals surface area contributed by atoms with Gasteiger partial charge in [0.25, 0.3) is 0 Å². The summed E-state index contributed by atoms with van der Waals surface area (Å²) in [5.41, 5.74) is 3.12. The minimum Gasteiger partial charge on any atom is -0.464 e. The molecule has 0 saturated carbocycles. The number of carbonyl (C=O) groups excluding carboxylic acids is 1. The van der Waals surface area contributed by atoms with Crippen molar-refractivity contribution in [2.75, 3.05) is 7.11 Å². The van der Waals surface area contributed by atoms with Gasteiger partial charge in [-0.2, -0.15) is 0 Å². The van der Waals surface area contributed by atoms with Gasteiger partial charge in [-0.05, 0) is 0 Å². The maximum Gasteiger partial charge on any atom is 0.367 e. The molecule has 54 valence electrons. The van der Waals surface area contributed by atoms with Gasteiger partial charge in [-0.3, -0.25) is 0 Å². The molecule has 0 bridgehead atoms. The molecule has 3 nitrogen and oxygen atoms in total. The van der Waals surface area contributed by atoms with Gasteiger partial charge in [-0.25, -0.2) is 4.79 Å². The molecule has 3 heteroatoms. The zero-order chi connectivity index (χ0) is 7.49. The van der Waals surface area contributed by atoms with E-state index in [9.17, 15) is 4.79 Å². The van der Waals surface area contributed by atoms with Crippen molar-refractivity contribution >= 4 is 5.97 Å². The molecule has 0 aliphatic rings. The van der Waals surface area contributed by atoms with Crippen molar-refractivity contribution in [2.24, 2.45) is 0 Å². The predicted octanol–water partition coefficient (Wildman–Crippen LogP) is -0.430. The Morgan fingerprint density at radius 3 is 2.33 bits per heavy atom. The van der Waals surface area contributed by atoms with Crippen LogP contribution in [0.5, 0.6) is 0 Å². The molecule has 0 spiro atoms. The number of methoxy groups -OCH3 is 1. The maximum atomic E-state index is 10.8. The van der Waals surface area contributed by atoms with Gasteiger partial charge in [0.1, 0.15) is 0 Å². The van der Waals surface area contributed by atoms with Crippen LogP contribution in [0.3, 0.4) is 0 Å². The molecule has 1 unspecified atom stereocenters. The van der Waals surface area contributed by atoms with Crippen LogP contribution in [-0.4, -0.2) is 18.6 Å². The molecule has 0 aromatic rings. The van der Waals surface area contributed by atoms with Gasteiger partial charge in [0.05, 0.1) is 7.11 Å². The number of esters is 1. The molecule has 1 atom stereocenters. The number of carbonyl (C=O) groups is 1. The summed E-state index contributed by atoms with van der Waals surface area (Å²) >= 11 is 0. The van der Waals surface area contributed by atoms with E-state index in [1.807, 2.05) is 6.92 Å². The van der Waals surface area contributed by atoms with Gasteiger partial charge in [0, 0.05) is 13.3 Å². The Bertz CT molecular complexity index is 110. The topological polar surface area (TPSA) is 53.9 Å². The lowest BCUT2D eigenvalue weighted by molar-refractivity contribution is -0.457. The lowest BCUT2D eigenvalue weighted by Crippen LogP contribution is -2.74. The second kappa shape index (κ2) is 2.82. The average molecular weight is 132 g/mol. The molecule has 0 rings (SSSR count). The first kappa shape index (κ1) is 8.43. The van der Waals surface area contributed by atoms with E-state index in [1.54, 1.807) is 6.92 Å². The van der Waals surface area contributed by atoms with E-state index in [-0.39, 0.29) is 5.97 Å². The smallest absolute Gasteiger partial charge is 0.367 e. The van der Waals surface area contributed by atoms with E-state index in [2.05, 4.69) is 10.5 Å². The van der Waals surface area contributed by atoms with Crippen LogP contribution >= 0.6 is 0 Å². The Balaban J connectivity index is 3.97. The molecule has 3 N–H and O–H groups in total. The van der Waals surface area contributed by atoms with Gasteiger partial charge in [0.15, 0.2) is 5.54 Å². The van der Waals surface area contributed by atoms with Crippen LogP contribution in [-0.2, 0) is 9.53 Å². The van der Waals surface area contributed by atoms with Crippen molar-refractivity contribution in [3.63, 3.8) is 0 Å². The molecule has 0 aliphatic carbocycles. The largest absolute Gasteiger partial charge is 0.464 e. The summed E-state index contributed by atoms with van der Waals surface area (Å²) < 4.78 is 4.50. The van der Waals surface area contributed by atoms with Crippen molar-refractivity contribution in [2.45, 2.75) is 25.8 Å². The molecule has 0 aromatic carbocycles. The number of quaternary nitrogens is 1. The molecule has 0 aromatic heterocycles. The highest BCUT2D eigenvalue weighted by molar-refractivity contribution is 5.77. The molecular weight excluding hydrogens is 118 g/mol. The first-order valence-corrected chi connectivity index (χ1v) is 2.98. The van der Waals surface area contributed by atoms with Crippen molar-refractivity contribution in [3.8, 4) is 0 Å². The Kier molecular flexibility index (Phi) is 2.65. The van der Waals surface area contributed by atoms with Crippen LogP contribution in [0.2, 0.25) is 0 Å². The molecule has 0 amide bonds. The van der Waals surface area contributed by atoms with Crippen molar-refractivity contribution < 1.29 is 15.3 Å². The van der Waals surface area contributed by atoms with Gasteiger partial charge in [-0.15, -0.1) is 0 Å². The third-order valence-electron chi connectivity index (χ3n) is 1.46. The highest BCUT2D eigenvalue weighted by Crippen LogP contribution is 2.02. The first-order valence-electron chi connectivity index (χ1n) is 2.98. The highest BCUT2D eigenvalue weighted by Gasteiger charge is 2.31. The highest BCUT2D eigenvalue weighted by atomic mass is 16.5. The number of ether oxygens (including phenoxy) is 1. The summed E-state index contributed by atoms with van der Waals surface area (Å²) in [6.07, 6.45) is 0.708. The Morgan fingerprint density at radius 1 is 1.78 bits per heavy atom. The van der Waals surface area contributed by atoms with Crippen LogP contribution in [0.1, 0.15) is 20.3 Å². The number of hydrogen-bond donors (Lipinski definition) is 1. The van der Waals surface area contributed by atoms with Crippen LogP contribution in [0, 0.1) is 0 Å². The monoisotopic (exact) mass is 132 g/mol. The number of rotatable bonds is 2. The van der Waals surface area contributed by atoms with E-state index in [0.717, 1.165) is 0 Å². The van der Waals surface area contributed by atoms with E-state index in [4.69, 9.17) is 0 Å². The molecule has 0 radical (unpaired) electrons. The van der Waals surface area contributed by atoms with Crippen molar-refractivity contribution in [1.29, 1.82) is 0 Å². The third kappa shape index (κ3) is 2.01. The third-order valence-corrected chi connectivity index (χ3v) is 1.46. The fourth-order valence-electron chi connectivity index (χ4n) is 0.391. The fraction of sp³-hybridized carbons (Fsp3) is 0.833. The molecule has 0 saturated heterocycles. The second-order valence-electron chi connectivity index (χ2n) is 2.41. The van der Waals surface area contributed by atoms with E-state index < -0.39 is 5.54 Å². The second-order valence-corrected chi connectivity index (χ2v) is 2.41. The SMILES string of the molecule is CCC(C)([NH3+])C(=O)OC. The molecular formula is C6H14NO2+. The summed E-state index contributed by atoms with van der Waals surface area (Å²) in [4.78, 5) is 10.8. The van der Waals surface area contributed by atoms with Crippen LogP contribution in [0.15, 0.2) is 0 Å². The zero-order valence-corrected chi connectivity index (χ0v) is 6.23. The minimum atomic E-state index is -0.561. The Hall–Kier alpha value is -0.570. The maximum absolute atomic E-state index is 10.8. The molecule has 0 heterocycles. The standard InChI is InChI=1S/C6H13NO2/c1-4-6(2,7)5(8)9-3/h4,7H2,1-3H3/p+1. The van der Waals surface area contributed by atoms with E-state index in [0.29, 0.717) is 6.42 Å². The Morgan fingerprint density at radius 2 is 2.22 bits per heavy atom. The van der Waals surface area contributed by atoms with E-state index in [1.165, 1.54) is 7.11 Å². The summed E-state index contributed by atoms with van der Waals surface area (Å²) in [5.74, 6) is -0.245. The predicted molar refractivity (Wildman–Crippen MR) is 33.6 cm³/mol. The van der Waals surface area contributed by atoms with E-state index >= 15 is 0 Å². The van der Waals surface area contributed by atoms with Gasteiger partial charge < -0.3 is 10.5 Å². The number of hydrogen-bond acceptors (Lipinski definition) is 2. The van der Waals surface area contributed by atoms with Crippen LogP contribution < -0.4 is 5.73 Å². The Labute approximate surface area is 55.2 Å². The van der Waals surface area contributed by atoms with Gasteiger partial charge in [0.2, 0.25) is 0 Å².